The lowest BCUT2D eigenvalue weighted by Gasteiger charge is -2.39. The van der Waals surface area contributed by atoms with Gasteiger partial charge in [0, 0.05) is 18.6 Å². The van der Waals surface area contributed by atoms with Crippen LogP contribution < -0.4 is 5.32 Å². The first-order chi connectivity index (χ1) is 9.65. The summed E-state index contributed by atoms with van der Waals surface area (Å²) in [6, 6.07) is 10.3. The van der Waals surface area contributed by atoms with E-state index in [1.807, 2.05) is 0 Å². The van der Waals surface area contributed by atoms with Crippen molar-refractivity contribution in [2.45, 2.75) is 52.1 Å². The van der Waals surface area contributed by atoms with E-state index in [0.29, 0.717) is 12.1 Å². The second-order valence-corrected chi connectivity index (χ2v) is 6.29. The number of rotatable bonds is 5. The molecule has 1 aliphatic heterocycles. The lowest BCUT2D eigenvalue weighted by molar-refractivity contribution is 0.103. The Morgan fingerprint density at radius 1 is 1.25 bits per heavy atom. The van der Waals surface area contributed by atoms with E-state index in [1.165, 1.54) is 30.5 Å². The zero-order chi connectivity index (χ0) is 14.5. The highest BCUT2D eigenvalue weighted by Crippen LogP contribution is 2.25. The second-order valence-electron chi connectivity index (χ2n) is 6.29. The molecule has 3 unspecified atom stereocenters. The fraction of sp³-hybridized carbons (Fsp3) is 0.667. The van der Waals surface area contributed by atoms with Crippen LogP contribution in [0.3, 0.4) is 0 Å². The van der Waals surface area contributed by atoms with Crippen LogP contribution in [-0.2, 0) is 6.42 Å². The van der Waals surface area contributed by atoms with Crippen LogP contribution in [0.4, 0.5) is 0 Å². The highest BCUT2D eigenvalue weighted by Gasteiger charge is 2.26. The second kappa shape index (κ2) is 7.24. The first-order valence-corrected chi connectivity index (χ1v) is 8.15. The van der Waals surface area contributed by atoms with Crippen molar-refractivity contribution >= 4 is 0 Å². The van der Waals surface area contributed by atoms with E-state index >= 15 is 0 Å². The average Bonchev–Trinajstić information content (AvgIpc) is 2.49. The van der Waals surface area contributed by atoms with Gasteiger partial charge in [-0.05, 0) is 56.8 Å². The van der Waals surface area contributed by atoms with Crippen molar-refractivity contribution < 1.29 is 0 Å². The fourth-order valence-electron chi connectivity index (χ4n) is 3.26. The minimum atomic E-state index is 0.439. The SMILES string of the molecule is CCc1ccc(C(CN2CCCC(C)C2C)NC)cc1. The van der Waals surface area contributed by atoms with Crippen LogP contribution in [0.2, 0.25) is 0 Å². The summed E-state index contributed by atoms with van der Waals surface area (Å²) >= 11 is 0. The Morgan fingerprint density at radius 3 is 2.55 bits per heavy atom. The van der Waals surface area contributed by atoms with Crippen LogP contribution >= 0.6 is 0 Å². The van der Waals surface area contributed by atoms with E-state index < -0.39 is 0 Å². The standard InChI is InChI=1S/C18H30N2/c1-5-16-8-10-17(11-9-16)18(19-4)13-20-12-6-7-14(2)15(20)3/h8-11,14-15,18-19H,5-7,12-13H2,1-4H3. The molecule has 1 fully saturated rings. The van der Waals surface area contributed by atoms with E-state index in [1.54, 1.807) is 0 Å². The average molecular weight is 274 g/mol. The molecule has 1 aliphatic rings. The largest absolute Gasteiger partial charge is 0.312 e. The number of nitrogens with zero attached hydrogens (tertiary/aromatic N) is 1. The van der Waals surface area contributed by atoms with Gasteiger partial charge in [-0.3, -0.25) is 4.90 Å². The van der Waals surface area contributed by atoms with Crippen LogP contribution in [-0.4, -0.2) is 31.1 Å². The number of hydrogen-bond donors (Lipinski definition) is 1. The van der Waals surface area contributed by atoms with Gasteiger partial charge in [0.2, 0.25) is 0 Å². The van der Waals surface area contributed by atoms with Crippen molar-refractivity contribution in [3.63, 3.8) is 0 Å². The molecule has 0 radical (unpaired) electrons. The van der Waals surface area contributed by atoms with Crippen molar-refractivity contribution in [2.24, 2.45) is 5.92 Å². The Morgan fingerprint density at radius 2 is 1.95 bits per heavy atom. The molecule has 0 aromatic heterocycles. The molecule has 0 spiro atoms. The quantitative estimate of drug-likeness (QED) is 0.882. The number of likely N-dealkylation sites (N-methyl/N-ethyl adjacent to an activating group) is 1. The lowest BCUT2D eigenvalue weighted by Crippen LogP contribution is -2.45. The first-order valence-electron chi connectivity index (χ1n) is 8.15. The van der Waals surface area contributed by atoms with Gasteiger partial charge >= 0.3 is 0 Å². The topological polar surface area (TPSA) is 15.3 Å². The van der Waals surface area contributed by atoms with Crippen LogP contribution in [0.15, 0.2) is 24.3 Å². The molecule has 1 heterocycles. The molecule has 1 aromatic carbocycles. The van der Waals surface area contributed by atoms with Crippen LogP contribution in [0.1, 0.15) is 50.8 Å². The van der Waals surface area contributed by atoms with Gasteiger partial charge in [0.05, 0.1) is 0 Å². The molecule has 0 saturated carbocycles. The van der Waals surface area contributed by atoms with Gasteiger partial charge in [-0.2, -0.15) is 0 Å². The maximum Gasteiger partial charge on any atom is 0.0446 e. The van der Waals surface area contributed by atoms with Crippen LogP contribution in [0, 0.1) is 5.92 Å². The molecular formula is C18H30N2. The Bertz CT molecular complexity index is 398. The fourth-order valence-corrected chi connectivity index (χ4v) is 3.26. The summed E-state index contributed by atoms with van der Waals surface area (Å²) in [7, 11) is 2.08. The molecule has 0 bridgehead atoms. The summed E-state index contributed by atoms with van der Waals surface area (Å²) in [5.74, 6) is 0.823. The molecule has 0 amide bonds. The van der Waals surface area contributed by atoms with Gasteiger partial charge in [0.15, 0.2) is 0 Å². The summed E-state index contributed by atoms with van der Waals surface area (Å²) in [4.78, 5) is 2.66. The number of aryl methyl sites for hydroxylation is 1. The van der Waals surface area contributed by atoms with Crippen LogP contribution in [0.25, 0.3) is 0 Å². The minimum Gasteiger partial charge on any atom is -0.312 e. The summed E-state index contributed by atoms with van der Waals surface area (Å²) in [5.41, 5.74) is 2.83. The van der Waals surface area contributed by atoms with Gasteiger partial charge in [0.25, 0.3) is 0 Å². The van der Waals surface area contributed by atoms with E-state index in [2.05, 4.69) is 62.3 Å². The lowest BCUT2D eigenvalue weighted by atomic mass is 9.91. The molecule has 1 N–H and O–H groups in total. The van der Waals surface area contributed by atoms with E-state index in [0.717, 1.165) is 18.9 Å². The number of benzene rings is 1. The Labute approximate surface area is 124 Å². The van der Waals surface area contributed by atoms with Crippen molar-refractivity contribution in [1.29, 1.82) is 0 Å². The Hall–Kier alpha value is -0.860. The third-order valence-corrected chi connectivity index (χ3v) is 5.06. The van der Waals surface area contributed by atoms with Crippen LogP contribution in [0.5, 0.6) is 0 Å². The Balaban J connectivity index is 2.03. The predicted octanol–water partition coefficient (Wildman–Crippen LogP) is 3.63. The molecule has 1 aromatic rings. The zero-order valence-corrected chi connectivity index (χ0v) is 13.5. The Kier molecular flexibility index (Phi) is 5.62. The van der Waals surface area contributed by atoms with Gasteiger partial charge < -0.3 is 5.32 Å². The van der Waals surface area contributed by atoms with E-state index in [9.17, 15) is 0 Å². The van der Waals surface area contributed by atoms with Gasteiger partial charge in [-0.1, -0.05) is 38.1 Å². The summed E-state index contributed by atoms with van der Waals surface area (Å²) < 4.78 is 0. The van der Waals surface area contributed by atoms with E-state index in [4.69, 9.17) is 0 Å². The molecule has 2 heteroatoms. The van der Waals surface area contributed by atoms with E-state index in [-0.39, 0.29) is 0 Å². The molecule has 20 heavy (non-hydrogen) atoms. The number of likely N-dealkylation sites (tertiary alicyclic amines) is 1. The highest BCUT2D eigenvalue weighted by atomic mass is 15.2. The zero-order valence-electron chi connectivity index (χ0n) is 13.5. The molecule has 1 saturated heterocycles. The minimum absolute atomic E-state index is 0.439. The summed E-state index contributed by atoms with van der Waals surface area (Å²) in [6.45, 7) is 9.35. The third kappa shape index (κ3) is 3.62. The maximum absolute atomic E-state index is 3.50. The number of piperidine rings is 1. The van der Waals surface area contributed by atoms with Crippen molar-refractivity contribution in [2.75, 3.05) is 20.1 Å². The van der Waals surface area contributed by atoms with Gasteiger partial charge in [0.1, 0.15) is 0 Å². The van der Waals surface area contributed by atoms with Gasteiger partial charge in [-0.15, -0.1) is 0 Å². The normalized spacial score (nSPS) is 25.6. The third-order valence-electron chi connectivity index (χ3n) is 5.06. The maximum atomic E-state index is 3.50. The van der Waals surface area contributed by atoms with Crippen molar-refractivity contribution in [3.05, 3.63) is 35.4 Å². The predicted molar refractivity (Wildman–Crippen MR) is 87.1 cm³/mol. The molecule has 112 valence electrons. The van der Waals surface area contributed by atoms with Gasteiger partial charge in [-0.25, -0.2) is 0 Å². The monoisotopic (exact) mass is 274 g/mol. The molecule has 0 aliphatic carbocycles. The highest BCUT2D eigenvalue weighted by molar-refractivity contribution is 5.25. The number of nitrogens with one attached hydrogen (secondary N) is 1. The molecule has 2 rings (SSSR count). The summed E-state index contributed by atoms with van der Waals surface area (Å²) in [6.07, 6.45) is 3.84. The molecule has 3 atom stereocenters. The summed E-state index contributed by atoms with van der Waals surface area (Å²) in [5, 5.41) is 3.50. The number of hydrogen-bond acceptors (Lipinski definition) is 2. The molecular weight excluding hydrogens is 244 g/mol. The smallest absolute Gasteiger partial charge is 0.0446 e. The first kappa shape index (κ1) is 15.5. The van der Waals surface area contributed by atoms with Crippen molar-refractivity contribution in [1.82, 2.24) is 10.2 Å². The van der Waals surface area contributed by atoms with Crippen molar-refractivity contribution in [3.8, 4) is 0 Å². The molecule has 2 nitrogen and oxygen atoms in total.